The number of pyridine rings is 1. The molecule has 1 aromatic heterocycles. The average Bonchev–Trinajstić information content (AvgIpc) is 2.96. The first-order chi connectivity index (χ1) is 18.6. The second-order valence-corrected chi connectivity index (χ2v) is 11.2. The molecular weight excluding hydrogens is 488 g/mol. The van der Waals surface area contributed by atoms with Crippen LogP contribution in [0.4, 0.5) is 10.5 Å². The van der Waals surface area contributed by atoms with Crippen LogP contribution in [0.2, 0.25) is 0 Å². The molecule has 2 amide bonds. The Morgan fingerprint density at radius 2 is 1.67 bits per heavy atom. The van der Waals surface area contributed by atoms with Gasteiger partial charge in [-0.15, -0.1) is 0 Å². The molecule has 3 N–H and O–H groups in total. The van der Waals surface area contributed by atoms with Crippen LogP contribution in [0.5, 0.6) is 0 Å². The molecule has 2 aromatic carbocycles. The molecule has 1 unspecified atom stereocenters. The summed E-state index contributed by atoms with van der Waals surface area (Å²) in [6.45, 7) is 5.96. The number of aromatic nitrogens is 1. The topological polar surface area (TPSA) is 97.5 Å². The van der Waals surface area contributed by atoms with Crippen molar-refractivity contribution in [3.63, 3.8) is 0 Å². The summed E-state index contributed by atoms with van der Waals surface area (Å²) >= 11 is 0. The first kappa shape index (κ1) is 28.3. The van der Waals surface area contributed by atoms with Crippen molar-refractivity contribution in [1.29, 1.82) is 0 Å². The van der Waals surface area contributed by atoms with E-state index in [1.807, 2.05) is 69.3 Å². The van der Waals surface area contributed by atoms with Crippen LogP contribution in [0.25, 0.3) is 22.4 Å². The molecule has 0 bridgehead atoms. The third kappa shape index (κ3) is 6.66. The number of nitrogens with two attached hydrogens (primary N) is 1. The zero-order valence-electron chi connectivity index (χ0n) is 23.6. The Morgan fingerprint density at radius 1 is 1.03 bits per heavy atom. The van der Waals surface area contributed by atoms with Gasteiger partial charge in [-0.05, 0) is 62.6 Å². The van der Waals surface area contributed by atoms with E-state index in [2.05, 4.69) is 17.4 Å². The maximum Gasteiger partial charge on any atom is 0.409 e. The van der Waals surface area contributed by atoms with E-state index in [1.54, 1.807) is 18.1 Å². The summed E-state index contributed by atoms with van der Waals surface area (Å²) in [5.41, 5.74) is 11.4. The predicted octanol–water partition coefficient (Wildman–Crippen LogP) is 6.44. The Hall–Kier alpha value is -3.71. The van der Waals surface area contributed by atoms with E-state index >= 15 is 0 Å². The lowest BCUT2D eigenvalue weighted by atomic mass is 9.78. The summed E-state index contributed by atoms with van der Waals surface area (Å²) < 4.78 is 4.85. The zero-order chi connectivity index (χ0) is 28.2. The number of nitrogens with one attached hydrogen (secondary N) is 1. The smallest absolute Gasteiger partial charge is 0.409 e. The molecule has 1 heterocycles. The van der Waals surface area contributed by atoms with Gasteiger partial charge < -0.3 is 20.7 Å². The van der Waals surface area contributed by atoms with Crippen molar-refractivity contribution in [3.05, 3.63) is 72.4 Å². The maximum absolute atomic E-state index is 13.3. The van der Waals surface area contributed by atoms with Gasteiger partial charge in [0, 0.05) is 35.7 Å². The van der Waals surface area contributed by atoms with Crippen LogP contribution in [-0.2, 0) is 15.1 Å². The Labute approximate surface area is 231 Å². The molecule has 7 nitrogen and oxygen atoms in total. The van der Waals surface area contributed by atoms with Crippen LogP contribution < -0.4 is 11.1 Å². The van der Waals surface area contributed by atoms with Gasteiger partial charge in [0.2, 0.25) is 5.91 Å². The predicted molar refractivity (Wildman–Crippen MR) is 156 cm³/mol. The zero-order valence-corrected chi connectivity index (χ0v) is 23.6. The van der Waals surface area contributed by atoms with Gasteiger partial charge in [0.05, 0.1) is 24.7 Å². The number of hydrogen-bond donors (Lipinski definition) is 2. The van der Waals surface area contributed by atoms with Crippen molar-refractivity contribution in [2.24, 2.45) is 17.6 Å². The number of carbonyl (C=O) groups excluding carboxylic acids is 2. The van der Waals surface area contributed by atoms with Crippen LogP contribution in [-0.4, -0.2) is 42.1 Å². The monoisotopic (exact) mass is 528 g/mol. The summed E-state index contributed by atoms with van der Waals surface area (Å²) in [5, 5.41) is 3.12. The molecule has 1 atom stereocenters. The standard InChI is InChI=1S/C32H40N4O3/c1-21(22-13-17-27(18-14-22)36(4)31(38)39-5)30(37)35-26-19-28(23-9-7-6-8-10-23)29(34-20-26)24-11-15-25(16-12-24)32(2,3)33/h6-12,15-16,19-22,27H,13-14,17-18,33H2,1-5H3,(H,35,37)/t21?,22-,27-. The highest BCUT2D eigenvalue weighted by Gasteiger charge is 2.32. The van der Waals surface area contributed by atoms with Crippen molar-refractivity contribution in [3.8, 4) is 22.4 Å². The first-order valence-electron chi connectivity index (χ1n) is 13.7. The van der Waals surface area contributed by atoms with E-state index in [9.17, 15) is 9.59 Å². The van der Waals surface area contributed by atoms with Crippen molar-refractivity contribution in [1.82, 2.24) is 9.88 Å². The molecule has 7 heteroatoms. The highest BCUT2D eigenvalue weighted by atomic mass is 16.5. The summed E-state index contributed by atoms with van der Waals surface area (Å²) in [6.07, 6.45) is 4.93. The number of hydrogen-bond acceptors (Lipinski definition) is 5. The van der Waals surface area contributed by atoms with Crippen LogP contribution >= 0.6 is 0 Å². The fourth-order valence-corrected chi connectivity index (χ4v) is 5.41. The third-order valence-corrected chi connectivity index (χ3v) is 8.01. The molecule has 1 aliphatic rings. The molecule has 206 valence electrons. The lowest BCUT2D eigenvalue weighted by Crippen LogP contribution is -2.41. The normalized spacial score (nSPS) is 18.2. The number of carbonyl (C=O) groups is 2. The highest BCUT2D eigenvalue weighted by molar-refractivity contribution is 5.94. The van der Waals surface area contributed by atoms with Gasteiger partial charge in [0.25, 0.3) is 0 Å². The minimum atomic E-state index is -0.421. The Balaban J connectivity index is 1.51. The number of methoxy groups -OCH3 is 1. The van der Waals surface area contributed by atoms with E-state index in [-0.39, 0.29) is 29.9 Å². The van der Waals surface area contributed by atoms with Crippen LogP contribution in [0, 0.1) is 11.8 Å². The van der Waals surface area contributed by atoms with Crippen molar-refractivity contribution >= 4 is 17.7 Å². The van der Waals surface area contributed by atoms with Crippen molar-refractivity contribution in [2.75, 3.05) is 19.5 Å². The van der Waals surface area contributed by atoms with Crippen LogP contribution in [0.15, 0.2) is 66.9 Å². The van der Waals surface area contributed by atoms with E-state index in [0.717, 1.165) is 53.6 Å². The molecule has 3 aromatic rings. The third-order valence-electron chi connectivity index (χ3n) is 8.01. The van der Waals surface area contributed by atoms with Gasteiger partial charge in [-0.3, -0.25) is 9.78 Å². The molecule has 39 heavy (non-hydrogen) atoms. The summed E-state index contributed by atoms with van der Waals surface area (Å²) in [6, 6.07) is 20.4. The molecule has 0 aliphatic heterocycles. The molecule has 1 aliphatic carbocycles. The number of amides is 2. The van der Waals surface area contributed by atoms with E-state index < -0.39 is 5.54 Å². The van der Waals surface area contributed by atoms with Gasteiger partial charge >= 0.3 is 6.09 Å². The largest absolute Gasteiger partial charge is 0.453 e. The van der Waals surface area contributed by atoms with Crippen LogP contribution in [0.3, 0.4) is 0 Å². The van der Waals surface area contributed by atoms with Crippen molar-refractivity contribution < 1.29 is 14.3 Å². The summed E-state index contributed by atoms with van der Waals surface area (Å²) in [5.74, 6) is 0.0997. The van der Waals surface area contributed by atoms with E-state index in [4.69, 9.17) is 15.5 Å². The molecule has 0 spiro atoms. The number of nitrogens with zero attached hydrogens (tertiary/aromatic N) is 2. The number of anilines is 1. The number of benzene rings is 2. The van der Waals surface area contributed by atoms with Gasteiger partial charge in [0.15, 0.2) is 0 Å². The minimum absolute atomic E-state index is 0.0112. The lowest BCUT2D eigenvalue weighted by Gasteiger charge is -2.35. The first-order valence-corrected chi connectivity index (χ1v) is 13.7. The molecular formula is C32H40N4O3. The van der Waals surface area contributed by atoms with Crippen molar-refractivity contribution in [2.45, 2.75) is 58.0 Å². The second kappa shape index (κ2) is 12.0. The number of rotatable bonds is 7. The van der Waals surface area contributed by atoms with Crippen LogP contribution in [0.1, 0.15) is 52.0 Å². The quantitative estimate of drug-likeness (QED) is 0.368. The molecule has 0 radical (unpaired) electrons. The van der Waals surface area contributed by atoms with Gasteiger partial charge in [0.1, 0.15) is 0 Å². The minimum Gasteiger partial charge on any atom is -0.453 e. The maximum atomic E-state index is 13.3. The Kier molecular flexibility index (Phi) is 8.70. The van der Waals surface area contributed by atoms with Gasteiger partial charge in [-0.2, -0.15) is 0 Å². The summed E-state index contributed by atoms with van der Waals surface area (Å²) in [7, 11) is 3.18. The molecule has 4 rings (SSSR count). The SMILES string of the molecule is COC(=O)N(C)[C@H]1CC[C@H](C(C)C(=O)Nc2cnc(-c3ccc(C(C)(C)N)cc3)c(-c3ccccc3)c2)CC1. The van der Waals surface area contributed by atoms with Gasteiger partial charge in [-0.1, -0.05) is 61.5 Å². The Morgan fingerprint density at radius 3 is 2.26 bits per heavy atom. The highest BCUT2D eigenvalue weighted by Crippen LogP contribution is 2.35. The van der Waals surface area contributed by atoms with E-state index in [1.165, 1.54) is 7.11 Å². The fraction of sp³-hybridized carbons (Fsp3) is 0.406. The molecule has 1 saturated carbocycles. The van der Waals surface area contributed by atoms with E-state index in [0.29, 0.717) is 5.69 Å². The fourth-order valence-electron chi connectivity index (χ4n) is 5.41. The second-order valence-electron chi connectivity index (χ2n) is 11.2. The summed E-state index contributed by atoms with van der Waals surface area (Å²) in [4.78, 5) is 31.6. The lowest BCUT2D eigenvalue weighted by molar-refractivity contribution is -0.121. The van der Waals surface area contributed by atoms with Gasteiger partial charge in [-0.25, -0.2) is 4.79 Å². The average molecular weight is 529 g/mol. The number of ether oxygens (including phenoxy) is 1. The molecule has 0 saturated heterocycles. The molecule has 1 fully saturated rings. The Bertz CT molecular complexity index is 1280.